The zero-order chi connectivity index (χ0) is 20.6. The van der Waals surface area contributed by atoms with E-state index in [2.05, 4.69) is 31.0 Å². The number of H-pyrrole nitrogens is 1. The van der Waals surface area contributed by atoms with Gasteiger partial charge in [0.25, 0.3) is 0 Å². The van der Waals surface area contributed by atoms with Crippen molar-refractivity contribution in [1.29, 1.82) is 0 Å². The standard InChI is InChI=1S/C19H19FN6O2S/c1-12(13-7-9-14(28-2)10-8-13)23-24-18-22-19(26-25-18)29-11-17(27)21-16-6-4-3-5-15(16)20/h3-10H,11H2,1-2H3,(H,21,27)(H2,22,24,25,26)/b23-12+. The lowest BCUT2D eigenvalue weighted by Crippen LogP contribution is -2.15. The van der Waals surface area contributed by atoms with Gasteiger partial charge >= 0.3 is 0 Å². The molecule has 0 bridgehead atoms. The van der Waals surface area contributed by atoms with Crippen molar-refractivity contribution in [2.45, 2.75) is 12.1 Å². The van der Waals surface area contributed by atoms with Gasteiger partial charge in [0.15, 0.2) is 0 Å². The normalized spacial score (nSPS) is 11.2. The number of halogens is 1. The molecule has 0 radical (unpaired) electrons. The van der Waals surface area contributed by atoms with Gasteiger partial charge in [-0.3, -0.25) is 4.79 Å². The first-order valence-corrected chi connectivity index (χ1v) is 9.58. The van der Waals surface area contributed by atoms with E-state index in [-0.39, 0.29) is 17.3 Å². The molecule has 0 saturated heterocycles. The molecule has 0 saturated carbocycles. The number of hydrazone groups is 1. The maximum Gasteiger partial charge on any atom is 0.240 e. The number of nitrogens with one attached hydrogen (secondary N) is 3. The average Bonchev–Trinajstić information content (AvgIpc) is 3.20. The molecule has 1 heterocycles. The second kappa shape index (κ2) is 9.69. The third-order valence-corrected chi connectivity index (χ3v) is 4.63. The summed E-state index contributed by atoms with van der Waals surface area (Å²) in [5, 5.41) is 13.8. The lowest BCUT2D eigenvalue weighted by molar-refractivity contribution is -0.113. The number of carbonyl (C=O) groups is 1. The molecule has 0 aliphatic rings. The summed E-state index contributed by atoms with van der Waals surface area (Å²) in [5.74, 6) is 0.313. The van der Waals surface area contributed by atoms with Crippen molar-refractivity contribution in [2.75, 3.05) is 23.6 Å². The van der Waals surface area contributed by atoms with E-state index in [1.165, 1.54) is 12.1 Å². The van der Waals surface area contributed by atoms with E-state index in [0.29, 0.717) is 11.1 Å². The Labute approximate surface area is 171 Å². The lowest BCUT2D eigenvalue weighted by atomic mass is 10.1. The van der Waals surface area contributed by atoms with E-state index in [4.69, 9.17) is 4.74 Å². The number of benzene rings is 2. The maximum absolute atomic E-state index is 13.5. The number of rotatable bonds is 8. The molecule has 0 fully saturated rings. The fourth-order valence-corrected chi connectivity index (χ4v) is 2.87. The van der Waals surface area contributed by atoms with Crippen LogP contribution in [-0.4, -0.2) is 39.7 Å². The molecular formula is C19H19FN6O2S. The fourth-order valence-electron chi connectivity index (χ4n) is 2.27. The summed E-state index contributed by atoms with van der Waals surface area (Å²) < 4.78 is 18.7. The lowest BCUT2D eigenvalue weighted by Gasteiger charge is -2.04. The van der Waals surface area contributed by atoms with Gasteiger partial charge in [0, 0.05) is 0 Å². The number of ether oxygens (including phenoxy) is 1. The number of aromatic amines is 1. The Morgan fingerprint density at radius 1 is 1.24 bits per heavy atom. The molecule has 0 aliphatic carbocycles. The smallest absolute Gasteiger partial charge is 0.240 e. The summed E-state index contributed by atoms with van der Waals surface area (Å²) in [4.78, 5) is 16.2. The molecule has 0 unspecified atom stereocenters. The van der Waals surface area contributed by atoms with Crippen LogP contribution in [0, 0.1) is 5.82 Å². The largest absolute Gasteiger partial charge is 0.497 e. The quantitative estimate of drug-likeness (QED) is 0.296. The van der Waals surface area contributed by atoms with Gasteiger partial charge in [-0.25, -0.2) is 14.9 Å². The summed E-state index contributed by atoms with van der Waals surface area (Å²) in [6.07, 6.45) is 0. The molecule has 10 heteroatoms. The molecule has 1 amide bonds. The van der Waals surface area contributed by atoms with Crippen molar-refractivity contribution in [3.63, 3.8) is 0 Å². The van der Waals surface area contributed by atoms with Crippen molar-refractivity contribution in [3.05, 3.63) is 59.9 Å². The third kappa shape index (κ3) is 5.79. The van der Waals surface area contributed by atoms with Crippen LogP contribution in [0.4, 0.5) is 16.0 Å². The van der Waals surface area contributed by atoms with Crippen LogP contribution in [0.3, 0.4) is 0 Å². The van der Waals surface area contributed by atoms with E-state index < -0.39 is 5.82 Å². The van der Waals surface area contributed by atoms with Gasteiger partial charge in [0.1, 0.15) is 11.6 Å². The van der Waals surface area contributed by atoms with Crippen LogP contribution in [-0.2, 0) is 4.79 Å². The number of thioether (sulfide) groups is 1. The fraction of sp³-hybridized carbons (Fsp3) is 0.158. The van der Waals surface area contributed by atoms with Crippen LogP contribution in [0.2, 0.25) is 0 Å². The van der Waals surface area contributed by atoms with Gasteiger partial charge in [-0.15, -0.1) is 5.10 Å². The van der Waals surface area contributed by atoms with Gasteiger partial charge in [0.2, 0.25) is 17.0 Å². The zero-order valence-electron chi connectivity index (χ0n) is 15.8. The third-order valence-electron chi connectivity index (χ3n) is 3.78. The highest BCUT2D eigenvalue weighted by Crippen LogP contribution is 2.17. The molecule has 1 aromatic heterocycles. The SMILES string of the molecule is COc1ccc(/C(C)=N/Nc2nc(SCC(=O)Nc3ccccc3F)n[nH]2)cc1. The van der Waals surface area contributed by atoms with Gasteiger partial charge < -0.3 is 10.1 Å². The molecule has 3 N–H and O–H groups in total. The molecule has 0 atom stereocenters. The van der Waals surface area contributed by atoms with Crippen LogP contribution < -0.4 is 15.5 Å². The van der Waals surface area contributed by atoms with Crippen LogP contribution in [0.1, 0.15) is 12.5 Å². The first-order chi connectivity index (χ1) is 14.0. The average molecular weight is 414 g/mol. The number of aromatic nitrogens is 3. The number of anilines is 2. The van der Waals surface area contributed by atoms with E-state index in [0.717, 1.165) is 28.8 Å². The molecule has 8 nitrogen and oxygen atoms in total. The highest BCUT2D eigenvalue weighted by atomic mass is 32.2. The van der Waals surface area contributed by atoms with Gasteiger partial charge in [-0.1, -0.05) is 23.9 Å². The van der Waals surface area contributed by atoms with Crippen molar-refractivity contribution in [2.24, 2.45) is 5.10 Å². The van der Waals surface area contributed by atoms with Crippen molar-refractivity contribution in [1.82, 2.24) is 15.2 Å². The molecule has 29 heavy (non-hydrogen) atoms. The predicted molar refractivity (Wildman–Crippen MR) is 111 cm³/mol. The minimum atomic E-state index is -0.486. The van der Waals surface area contributed by atoms with Crippen LogP contribution in [0.5, 0.6) is 5.75 Å². The number of hydrogen-bond donors (Lipinski definition) is 3. The topological polar surface area (TPSA) is 104 Å². The summed E-state index contributed by atoms with van der Waals surface area (Å²) in [5.41, 5.74) is 4.61. The second-order valence-electron chi connectivity index (χ2n) is 5.82. The number of nitrogens with zero attached hydrogens (tertiary/aromatic N) is 3. The number of amides is 1. The van der Waals surface area contributed by atoms with E-state index in [9.17, 15) is 9.18 Å². The van der Waals surface area contributed by atoms with E-state index in [1.807, 2.05) is 31.2 Å². The summed E-state index contributed by atoms with van der Waals surface area (Å²) in [6, 6.07) is 13.5. The maximum atomic E-state index is 13.5. The number of hydrogen-bond acceptors (Lipinski definition) is 7. The Morgan fingerprint density at radius 3 is 2.72 bits per heavy atom. The van der Waals surface area contributed by atoms with E-state index >= 15 is 0 Å². The van der Waals surface area contributed by atoms with Crippen molar-refractivity contribution < 1.29 is 13.9 Å². The monoisotopic (exact) mass is 414 g/mol. The molecule has 0 spiro atoms. The number of methoxy groups -OCH3 is 1. The predicted octanol–water partition coefficient (Wildman–Crippen LogP) is 3.52. The highest BCUT2D eigenvalue weighted by Gasteiger charge is 2.10. The van der Waals surface area contributed by atoms with Gasteiger partial charge in [-0.05, 0) is 48.9 Å². The molecule has 2 aromatic carbocycles. The number of carbonyl (C=O) groups excluding carboxylic acids is 1. The molecular weight excluding hydrogens is 395 g/mol. The van der Waals surface area contributed by atoms with Crippen LogP contribution in [0.25, 0.3) is 0 Å². The Balaban J connectivity index is 1.51. The summed E-state index contributed by atoms with van der Waals surface area (Å²) in [6.45, 7) is 1.86. The molecule has 150 valence electrons. The van der Waals surface area contributed by atoms with Crippen LogP contribution >= 0.6 is 11.8 Å². The number of para-hydroxylation sites is 1. The molecule has 0 aliphatic heterocycles. The van der Waals surface area contributed by atoms with Crippen molar-refractivity contribution >= 4 is 35.0 Å². The van der Waals surface area contributed by atoms with Crippen molar-refractivity contribution in [3.8, 4) is 5.75 Å². The van der Waals surface area contributed by atoms with Crippen LogP contribution in [0.15, 0.2) is 58.8 Å². The molecule has 3 rings (SSSR count). The molecule has 3 aromatic rings. The second-order valence-corrected chi connectivity index (χ2v) is 6.76. The Hall–Kier alpha value is -3.40. The van der Waals surface area contributed by atoms with E-state index in [1.54, 1.807) is 19.2 Å². The Morgan fingerprint density at radius 2 is 2.00 bits per heavy atom. The highest BCUT2D eigenvalue weighted by molar-refractivity contribution is 7.99. The minimum Gasteiger partial charge on any atom is -0.497 e. The Kier molecular flexibility index (Phi) is 6.80. The first-order valence-electron chi connectivity index (χ1n) is 8.59. The van der Waals surface area contributed by atoms with Gasteiger partial charge in [-0.2, -0.15) is 10.1 Å². The Bertz CT molecular complexity index is 1010. The minimum absolute atomic E-state index is 0.0414. The van der Waals surface area contributed by atoms with Gasteiger partial charge in [0.05, 0.1) is 24.3 Å². The summed E-state index contributed by atoms with van der Waals surface area (Å²) >= 11 is 1.12. The summed E-state index contributed by atoms with van der Waals surface area (Å²) in [7, 11) is 1.61. The zero-order valence-corrected chi connectivity index (χ0v) is 16.6. The first kappa shape index (κ1) is 20.3.